The Morgan fingerprint density at radius 1 is 1.46 bits per heavy atom. The molecule has 3 N–H and O–H groups in total. The minimum absolute atomic E-state index is 0.145. The van der Waals surface area contributed by atoms with Crippen LogP contribution in [0, 0.1) is 0 Å². The van der Waals surface area contributed by atoms with Gasteiger partial charge in [-0.25, -0.2) is 21.9 Å². The van der Waals surface area contributed by atoms with E-state index in [1.54, 1.807) is 11.6 Å². The molecule has 0 unspecified atom stereocenters. The van der Waals surface area contributed by atoms with Crippen LogP contribution in [0.25, 0.3) is 0 Å². The lowest BCUT2D eigenvalue weighted by atomic mass is 10.3. The van der Waals surface area contributed by atoms with Gasteiger partial charge in [0.15, 0.2) is 0 Å². The number of nitrogens with two attached hydrogens (primary N) is 1. The van der Waals surface area contributed by atoms with E-state index in [1.165, 1.54) is 0 Å². The summed E-state index contributed by atoms with van der Waals surface area (Å²) in [4.78, 5) is 0. The van der Waals surface area contributed by atoms with Gasteiger partial charge in [0.1, 0.15) is 0 Å². The molecule has 0 aromatic carbocycles. The van der Waals surface area contributed by atoms with E-state index in [9.17, 15) is 17.2 Å². The van der Waals surface area contributed by atoms with Gasteiger partial charge in [-0.2, -0.15) is 0 Å². The first-order chi connectivity index (χ1) is 5.83. The summed E-state index contributed by atoms with van der Waals surface area (Å²) in [6.07, 6.45) is 0.392. The number of alkyl halides is 2. The number of nitrogens with one attached hydrogen (secondary N) is 1. The summed E-state index contributed by atoms with van der Waals surface area (Å²) in [5.74, 6) is -3.31. The van der Waals surface area contributed by atoms with Crippen LogP contribution in [0.5, 0.6) is 0 Å². The lowest BCUT2D eigenvalue weighted by molar-refractivity contribution is 0.0170. The van der Waals surface area contributed by atoms with Crippen molar-refractivity contribution >= 4 is 10.0 Å². The molecular weight excluding hydrogens is 202 g/mol. The Labute approximate surface area is 76.5 Å². The van der Waals surface area contributed by atoms with Gasteiger partial charge < -0.3 is 5.73 Å². The monoisotopic (exact) mass is 216 g/mol. The first-order valence-corrected chi connectivity index (χ1v) is 5.53. The Balaban J connectivity index is 4.02. The maximum atomic E-state index is 12.5. The Hall–Kier alpha value is -0.270. The minimum Gasteiger partial charge on any atom is -0.325 e. The van der Waals surface area contributed by atoms with Crippen LogP contribution in [0.15, 0.2) is 0 Å². The molecule has 0 rings (SSSR count). The number of rotatable bonds is 6. The number of sulfonamides is 1. The molecule has 7 heteroatoms. The summed E-state index contributed by atoms with van der Waals surface area (Å²) in [5.41, 5.74) is 4.72. The van der Waals surface area contributed by atoms with Crippen molar-refractivity contribution in [2.75, 3.05) is 18.8 Å². The van der Waals surface area contributed by atoms with Gasteiger partial charge in [-0.05, 0) is 6.42 Å². The normalized spacial score (nSPS) is 13.2. The molecule has 0 spiro atoms. The molecule has 0 saturated carbocycles. The van der Waals surface area contributed by atoms with Crippen LogP contribution in [-0.4, -0.2) is 33.2 Å². The van der Waals surface area contributed by atoms with Crippen LogP contribution < -0.4 is 10.5 Å². The first-order valence-electron chi connectivity index (χ1n) is 3.88. The molecule has 0 heterocycles. The second kappa shape index (κ2) is 4.83. The Kier molecular flexibility index (Phi) is 4.72. The molecule has 13 heavy (non-hydrogen) atoms. The van der Waals surface area contributed by atoms with E-state index in [4.69, 9.17) is 5.73 Å². The lowest BCUT2D eigenvalue weighted by Gasteiger charge is -2.14. The zero-order valence-electron chi connectivity index (χ0n) is 7.39. The van der Waals surface area contributed by atoms with Crippen LogP contribution in [0.1, 0.15) is 13.3 Å². The third-order valence-corrected chi connectivity index (χ3v) is 2.85. The molecular formula is C6H14F2N2O2S. The number of halogens is 2. The highest BCUT2D eigenvalue weighted by Crippen LogP contribution is 2.09. The van der Waals surface area contributed by atoms with E-state index in [0.717, 1.165) is 0 Å². The summed E-state index contributed by atoms with van der Waals surface area (Å²) in [6, 6.07) is 0. The van der Waals surface area contributed by atoms with Gasteiger partial charge in [0.25, 0.3) is 5.92 Å². The van der Waals surface area contributed by atoms with E-state index in [-0.39, 0.29) is 5.75 Å². The van der Waals surface area contributed by atoms with Crippen LogP contribution in [0.3, 0.4) is 0 Å². The van der Waals surface area contributed by atoms with Crippen molar-refractivity contribution in [3.05, 3.63) is 0 Å². The molecule has 0 atom stereocenters. The van der Waals surface area contributed by atoms with Crippen molar-refractivity contribution in [3.8, 4) is 0 Å². The van der Waals surface area contributed by atoms with Gasteiger partial charge >= 0.3 is 0 Å². The highest BCUT2D eigenvalue weighted by molar-refractivity contribution is 7.89. The molecule has 0 fully saturated rings. The molecule has 0 aromatic rings. The molecule has 80 valence electrons. The molecule has 0 radical (unpaired) electrons. The quantitative estimate of drug-likeness (QED) is 0.651. The third kappa shape index (κ3) is 5.89. The molecule has 4 nitrogen and oxygen atoms in total. The SMILES string of the molecule is CCCS(=O)(=O)NCC(F)(F)CN. The Bertz CT molecular complexity index is 241. The fourth-order valence-electron chi connectivity index (χ4n) is 0.629. The van der Waals surface area contributed by atoms with Crippen LogP contribution in [0.2, 0.25) is 0 Å². The van der Waals surface area contributed by atoms with Gasteiger partial charge in [-0.3, -0.25) is 0 Å². The Morgan fingerprint density at radius 3 is 2.38 bits per heavy atom. The van der Waals surface area contributed by atoms with E-state index in [0.29, 0.717) is 6.42 Å². The second-order valence-electron chi connectivity index (χ2n) is 2.70. The molecule has 0 aliphatic rings. The van der Waals surface area contributed by atoms with Crippen LogP contribution in [-0.2, 0) is 10.0 Å². The minimum atomic E-state index is -3.56. The average molecular weight is 216 g/mol. The summed E-state index contributed by atoms with van der Waals surface area (Å²) >= 11 is 0. The molecule has 0 aliphatic carbocycles. The zero-order valence-corrected chi connectivity index (χ0v) is 8.20. The van der Waals surface area contributed by atoms with Crippen molar-refractivity contribution in [3.63, 3.8) is 0 Å². The van der Waals surface area contributed by atoms with Crippen molar-refractivity contribution < 1.29 is 17.2 Å². The largest absolute Gasteiger partial charge is 0.325 e. The number of hydrogen-bond donors (Lipinski definition) is 2. The van der Waals surface area contributed by atoms with Gasteiger partial charge in [-0.1, -0.05) is 6.92 Å². The maximum absolute atomic E-state index is 12.5. The predicted octanol–water partition coefficient (Wildman–Crippen LogP) is -0.0902. The van der Waals surface area contributed by atoms with Gasteiger partial charge in [0.05, 0.1) is 18.8 Å². The average Bonchev–Trinajstić information content (AvgIpc) is 2.02. The highest BCUT2D eigenvalue weighted by Gasteiger charge is 2.28. The fourth-order valence-corrected chi connectivity index (χ4v) is 1.74. The van der Waals surface area contributed by atoms with Crippen molar-refractivity contribution in [1.82, 2.24) is 4.72 Å². The van der Waals surface area contributed by atoms with E-state index >= 15 is 0 Å². The highest BCUT2D eigenvalue weighted by atomic mass is 32.2. The topological polar surface area (TPSA) is 72.2 Å². The third-order valence-electron chi connectivity index (χ3n) is 1.32. The first kappa shape index (κ1) is 12.7. The van der Waals surface area contributed by atoms with Gasteiger partial charge in [0, 0.05) is 0 Å². The molecule has 0 aromatic heterocycles. The summed E-state index contributed by atoms with van der Waals surface area (Å²) < 4.78 is 48.6. The Morgan fingerprint density at radius 2 is 2.00 bits per heavy atom. The van der Waals surface area contributed by atoms with Gasteiger partial charge in [-0.15, -0.1) is 0 Å². The lowest BCUT2D eigenvalue weighted by Crippen LogP contribution is -2.42. The maximum Gasteiger partial charge on any atom is 0.273 e. The van der Waals surface area contributed by atoms with Crippen molar-refractivity contribution in [2.45, 2.75) is 19.3 Å². The molecule has 0 aliphatic heterocycles. The van der Waals surface area contributed by atoms with Crippen molar-refractivity contribution in [2.24, 2.45) is 5.73 Å². The molecule has 0 bridgehead atoms. The van der Waals surface area contributed by atoms with Crippen molar-refractivity contribution in [1.29, 1.82) is 0 Å². The standard InChI is InChI=1S/C6H14F2N2O2S/c1-2-3-13(11,12)10-5-6(7,8)4-9/h10H,2-5,9H2,1H3. The second-order valence-corrected chi connectivity index (χ2v) is 4.63. The van der Waals surface area contributed by atoms with E-state index in [1.807, 2.05) is 0 Å². The molecule has 0 saturated heterocycles. The fraction of sp³-hybridized carbons (Fsp3) is 1.00. The molecule has 0 amide bonds. The smallest absolute Gasteiger partial charge is 0.273 e. The van der Waals surface area contributed by atoms with E-state index in [2.05, 4.69) is 0 Å². The number of hydrogen-bond acceptors (Lipinski definition) is 3. The predicted molar refractivity (Wildman–Crippen MR) is 46.1 cm³/mol. The summed E-state index contributed by atoms with van der Waals surface area (Å²) in [6.45, 7) is -0.131. The zero-order chi connectivity index (χ0) is 10.5. The van der Waals surface area contributed by atoms with E-state index < -0.39 is 29.0 Å². The van der Waals surface area contributed by atoms with Crippen LogP contribution in [0.4, 0.5) is 8.78 Å². The summed E-state index contributed by atoms with van der Waals surface area (Å²) in [5, 5.41) is 0. The summed E-state index contributed by atoms with van der Waals surface area (Å²) in [7, 11) is -3.56. The van der Waals surface area contributed by atoms with Crippen LogP contribution >= 0.6 is 0 Å². The van der Waals surface area contributed by atoms with Gasteiger partial charge in [0.2, 0.25) is 10.0 Å².